The van der Waals surface area contributed by atoms with Gasteiger partial charge in [0.25, 0.3) is 5.56 Å². The van der Waals surface area contributed by atoms with E-state index in [9.17, 15) is 14.4 Å². The fourth-order valence-corrected chi connectivity index (χ4v) is 3.06. The van der Waals surface area contributed by atoms with E-state index in [1.54, 1.807) is 31.2 Å². The molecular formula is C21H26ClN3O4. The highest BCUT2D eigenvalue weighted by Gasteiger charge is 2.19. The number of carbonyl (C=O) groups excluding carboxylic acids is 1. The van der Waals surface area contributed by atoms with Crippen molar-refractivity contribution < 1.29 is 14.7 Å². The Labute approximate surface area is 174 Å². The fourth-order valence-electron chi connectivity index (χ4n) is 2.94. The Hall–Kier alpha value is -2.67. The van der Waals surface area contributed by atoms with Crippen molar-refractivity contribution in [2.75, 3.05) is 0 Å². The molecule has 0 aliphatic heterocycles. The first-order chi connectivity index (χ1) is 13.8. The zero-order valence-electron chi connectivity index (χ0n) is 16.7. The standard InChI is InChI=1S/C21H26ClN3O4/c1-3-5-6-7-18-23-17(14-8-10-15(22)11-9-14)12-20(27)25(18)13-19(26)24-16(4-2)21(28)29/h8-12,16H,3-7,13H2,1-2H3,(H,24,26)(H,28,29). The molecule has 0 bridgehead atoms. The molecule has 156 valence electrons. The van der Waals surface area contributed by atoms with Gasteiger partial charge < -0.3 is 10.4 Å². The van der Waals surface area contributed by atoms with Gasteiger partial charge in [0.15, 0.2) is 0 Å². The maximum Gasteiger partial charge on any atom is 0.326 e. The number of carboxylic acids is 1. The Morgan fingerprint density at radius 1 is 1.21 bits per heavy atom. The fraction of sp³-hybridized carbons (Fsp3) is 0.429. The molecule has 2 N–H and O–H groups in total. The van der Waals surface area contributed by atoms with Gasteiger partial charge in [-0.15, -0.1) is 0 Å². The Morgan fingerprint density at radius 2 is 1.90 bits per heavy atom. The number of aliphatic carboxylic acids is 1. The molecule has 0 aliphatic rings. The molecule has 2 rings (SSSR count). The van der Waals surface area contributed by atoms with E-state index in [1.807, 2.05) is 0 Å². The SMILES string of the molecule is CCCCCc1nc(-c2ccc(Cl)cc2)cc(=O)n1CC(=O)NC(CC)C(=O)O. The van der Waals surface area contributed by atoms with Gasteiger partial charge in [0, 0.05) is 23.1 Å². The van der Waals surface area contributed by atoms with Gasteiger partial charge >= 0.3 is 5.97 Å². The van der Waals surface area contributed by atoms with Crippen molar-refractivity contribution in [2.24, 2.45) is 0 Å². The van der Waals surface area contributed by atoms with Crippen molar-refractivity contribution in [3.05, 3.63) is 51.5 Å². The highest BCUT2D eigenvalue weighted by Crippen LogP contribution is 2.19. The van der Waals surface area contributed by atoms with Crippen molar-refractivity contribution in [1.82, 2.24) is 14.9 Å². The predicted molar refractivity (Wildman–Crippen MR) is 112 cm³/mol. The summed E-state index contributed by atoms with van der Waals surface area (Å²) in [5.41, 5.74) is 0.929. The van der Waals surface area contributed by atoms with Crippen LogP contribution in [0.2, 0.25) is 5.02 Å². The van der Waals surface area contributed by atoms with Gasteiger partial charge in [-0.1, -0.05) is 50.4 Å². The smallest absolute Gasteiger partial charge is 0.326 e. The summed E-state index contributed by atoms with van der Waals surface area (Å²) in [4.78, 5) is 40.9. The average molecular weight is 420 g/mol. The first-order valence-electron chi connectivity index (χ1n) is 9.74. The van der Waals surface area contributed by atoms with E-state index in [1.165, 1.54) is 10.6 Å². The normalized spacial score (nSPS) is 11.8. The first kappa shape index (κ1) is 22.6. The third-order valence-electron chi connectivity index (χ3n) is 4.57. The molecule has 0 spiro atoms. The molecule has 1 atom stereocenters. The van der Waals surface area contributed by atoms with Crippen LogP contribution in [0.1, 0.15) is 45.4 Å². The number of rotatable bonds is 10. The van der Waals surface area contributed by atoms with Gasteiger partial charge in [0.05, 0.1) is 5.69 Å². The van der Waals surface area contributed by atoms with Gasteiger partial charge in [0.1, 0.15) is 18.4 Å². The summed E-state index contributed by atoms with van der Waals surface area (Å²) in [5, 5.41) is 12.2. The Kier molecular flexibility index (Phi) is 8.39. The van der Waals surface area contributed by atoms with Crippen molar-refractivity contribution in [3.63, 3.8) is 0 Å². The molecule has 8 heteroatoms. The van der Waals surface area contributed by atoms with E-state index in [0.29, 0.717) is 23.0 Å². The van der Waals surface area contributed by atoms with Crippen LogP contribution in [0.3, 0.4) is 0 Å². The summed E-state index contributed by atoms with van der Waals surface area (Å²) < 4.78 is 1.32. The first-order valence-corrected chi connectivity index (χ1v) is 10.1. The van der Waals surface area contributed by atoms with Crippen LogP contribution in [0.4, 0.5) is 0 Å². The lowest BCUT2D eigenvalue weighted by Gasteiger charge is -2.16. The number of hydrogen-bond acceptors (Lipinski definition) is 4. The van der Waals surface area contributed by atoms with Crippen molar-refractivity contribution in [2.45, 2.75) is 58.5 Å². The number of nitrogens with one attached hydrogen (secondary N) is 1. The largest absolute Gasteiger partial charge is 0.480 e. The highest BCUT2D eigenvalue weighted by atomic mass is 35.5. The minimum absolute atomic E-state index is 0.257. The topological polar surface area (TPSA) is 101 Å². The summed E-state index contributed by atoms with van der Waals surface area (Å²) in [6.07, 6.45) is 3.63. The number of amides is 1. The minimum atomic E-state index is -1.10. The molecule has 2 aromatic rings. The summed E-state index contributed by atoms with van der Waals surface area (Å²) >= 11 is 5.93. The molecule has 0 saturated carbocycles. The monoisotopic (exact) mass is 419 g/mol. The van der Waals surface area contributed by atoms with E-state index in [0.717, 1.165) is 24.8 Å². The lowest BCUT2D eigenvalue weighted by atomic mass is 10.1. The van der Waals surface area contributed by atoms with Crippen LogP contribution in [0.5, 0.6) is 0 Å². The maximum atomic E-state index is 12.8. The molecule has 1 amide bonds. The number of aryl methyl sites for hydroxylation is 1. The van der Waals surface area contributed by atoms with E-state index in [4.69, 9.17) is 16.7 Å². The number of unbranched alkanes of at least 4 members (excludes halogenated alkanes) is 2. The Morgan fingerprint density at radius 3 is 2.48 bits per heavy atom. The van der Waals surface area contributed by atoms with Crippen molar-refractivity contribution in [3.8, 4) is 11.3 Å². The third-order valence-corrected chi connectivity index (χ3v) is 4.83. The van der Waals surface area contributed by atoms with Crippen LogP contribution in [0.15, 0.2) is 35.1 Å². The van der Waals surface area contributed by atoms with E-state index >= 15 is 0 Å². The Balaban J connectivity index is 2.34. The predicted octanol–water partition coefficient (Wildman–Crippen LogP) is 3.28. The van der Waals surface area contributed by atoms with E-state index in [-0.39, 0.29) is 18.5 Å². The molecule has 29 heavy (non-hydrogen) atoms. The van der Waals surface area contributed by atoms with Gasteiger partial charge in [-0.05, 0) is 25.0 Å². The van der Waals surface area contributed by atoms with Crippen LogP contribution >= 0.6 is 11.6 Å². The van der Waals surface area contributed by atoms with Crippen molar-refractivity contribution in [1.29, 1.82) is 0 Å². The summed E-state index contributed by atoms with van der Waals surface area (Å²) in [6, 6.07) is 7.43. The number of carboxylic acid groups (broad SMARTS) is 1. The second-order valence-corrected chi connectivity index (χ2v) is 7.25. The number of nitrogens with zero attached hydrogens (tertiary/aromatic N) is 2. The summed E-state index contributed by atoms with van der Waals surface area (Å²) in [6.45, 7) is 3.48. The van der Waals surface area contributed by atoms with E-state index < -0.39 is 17.9 Å². The van der Waals surface area contributed by atoms with Gasteiger partial charge in [-0.2, -0.15) is 0 Å². The van der Waals surface area contributed by atoms with Crippen LogP contribution in [-0.4, -0.2) is 32.6 Å². The molecule has 1 unspecified atom stereocenters. The molecule has 1 aromatic carbocycles. The number of halogens is 1. The number of aromatic nitrogens is 2. The molecule has 7 nitrogen and oxygen atoms in total. The summed E-state index contributed by atoms with van der Waals surface area (Å²) in [7, 11) is 0. The molecule has 0 saturated heterocycles. The lowest BCUT2D eigenvalue weighted by Crippen LogP contribution is -2.43. The summed E-state index contributed by atoms with van der Waals surface area (Å²) in [5.74, 6) is -1.12. The second-order valence-electron chi connectivity index (χ2n) is 6.81. The molecule has 1 aromatic heterocycles. The molecule has 0 fully saturated rings. The van der Waals surface area contributed by atoms with Crippen LogP contribution in [0, 0.1) is 0 Å². The van der Waals surface area contributed by atoms with Crippen LogP contribution in [0.25, 0.3) is 11.3 Å². The number of hydrogen-bond donors (Lipinski definition) is 2. The minimum Gasteiger partial charge on any atom is -0.480 e. The molecule has 0 radical (unpaired) electrons. The molecular weight excluding hydrogens is 394 g/mol. The quantitative estimate of drug-likeness (QED) is 0.575. The van der Waals surface area contributed by atoms with Crippen LogP contribution in [-0.2, 0) is 22.6 Å². The van der Waals surface area contributed by atoms with Gasteiger partial charge in [0.2, 0.25) is 5.91 Å². The van der Waals surface area contributed by atoms with Crippen LogP contribution < -0.4 is 10.9 Å². The van der Waals surface area contributed by atoms with Gasteiger partial charge in [-0.25, -0.2) is 9.78 Å². The van der Waals surface area contributed by atoms with Crippen molar-refractivity contribution >= 4 is 23.5 Å². The van der Waals surface area contributed by atoms with E-state index in [2.05, 4.69) is 17.2 Å². The molecule has 1 heterocycles. The molecule has 0 aliphatic carbocycles. The lowest BCUT2D eigenvalue weighted by molar-refractivity contribution is -0.142. The maximum absolute atomic E-state index is 12.8. The second kappa shape index (κ2) is 10.8. The Bertz CT molecular complexity index is 909. The average Bonchev–Trinajstić information content (AvgIpc) is 2.68. The zero-order valence-corrected chi connectivity index (χ0v) is 17.4. The zero-order chi connectivity index (χ0) is 21.4. The number of benzene rings is 1. The van der Waals surface area contributed by atoms with Gasteiger partial charge in [-0.3, -0.25) is 14.2 Å². The third kappa shape index (κ3) is 6.42. The number of carbonyl (C=O) groups is 2. The highest BCUT2D eigenvalue weighted by molar-refractivity contribution is 6.30.